The van der Waals surface area contributed by atoms with Gasteiger partial charge in [-0.05, 0) is 45.6 Å². The Balaban J connectivity index is 1.84. The lowest BCUT2D eigenvalue weighted by Gasteiger charge is -2.28. The molecular weight excluding hydrogens is 292 g/mol. The number of carbonyl (C=O) groups excluding carboxylic acids is 2. The molecule has 0 spiro atoms. The third-order valence-electron chi connectivity index (χ3n) is 3.74. The van der Waals surface area contributed by atoms with Crippen LogP contribution in [0.25, 0.3) is 0 Å². The van der Waals surface area contributed by atoms with Crippen LogP contribution >= 0.6 is 0 Å². The van der Waals surface area contributed by atoms with Gasteiger partial charge in [-0.2, -0.15) is 0 Å². The number of hydrogen-bond acceptors (Lipinski definition) is 3. The van der Waals surface area contributed by atoms with Gasteiger partial charge in [-0.3, -0.25) is 9.69 Å². The van der Waals surface area contributed by atoms with Crippen LogP contribution in [0.5, 0.6) is 0 Å². The van der Waals surface area contributed by atoms with Crippen molar-refractivity contribution in [3.05, 3.63) is 35.9 Å². The van der Waals surface area contributed by atoms with E-state index < -0.39 is 17.7 Å². The Morgan fingerprint density at radius 1 is 1.26 bits per heavy atom. The van der Waals surface area contributed by atoms with Crippen molar-refractivity contribution in [3.63, 3.8) is 0 Å². The molecule has 1 aliphatic rings. The second-order valence-electron chi connectivity index (χ2n) is 6.86. The molecule has 1 aliphatic heterocycles. The molecule has 0 radical (unpaired) electrons. The number of nitrogens with one attached hydrogen (secondary N) is 1. The summed E-state index contributed by atoms with van der Waals surface area (Å²) in [6.07, 6.45) is 1.90. The highest BCUT2D eigenvalue weighted by Gasteiger charge is 2.36. The predicted octanol–water partition coefficient (Wildman–Crippen LogP) is 2.74. The average molecular weight is 318 g/mol. The highest BCUT2D eigenvalue weighted by Crippen LogP contribution is 2.20. The minimum absolute atomic E-state index is 0.0932. The molecule has 5 nitrogen and oxygen atoms in total. The summed E-state index contributed by atoms with van der Waals surface area (Å²) in [6.45, 7) is 6.63. The van der Waals surface area contributed by atoms with Gasteiger partial charge < -0.3 is 10.1 Å². The quantitative estimate of drug-likeness (QED) is 0.928. The first-order valence-electron chi connectivity index (χ1n) is 8.18. The van der Waals surface area contributed by atoms with Crippen LogP contribution in [0.1, 0.15) is 39.2 Å². The summed E-state index contributed by atoms with van der Waals surface area (Å²) < 4.78 is 5.38. The van der Waals surface area contributed by atoms with Crippen molar-refractivity contribution in [3.8, 4) is 0 Å². The normalized spacial score (nSPS) is 17.9. The van der Waals surface area contributed by atoms with Crippen molar-refractivity contribution < 1.29 is 14.3 Å². The van der Waals surface area contributed by atoms with E-state index in [-0.39, 0.29) is 5.91 Å². The molecule has 1 saturated heterocycles. The van der Waals surface area contributed by atoms with Crippen molar-refractivity contribution in [1.82, 2.24) is 10.2 Å². The summed E-state index contributed by atoms with van der Waals surface area (Å²) in [5, 5.41) is 2.93. The van der Waals surface area contributed by atoms with Gasteiger partial charge in [0.1, 0.15) is 11.6 Å². The van der Waals surface area contributed by atoms with Crippen LogP contribution in [0.15, 0.2) is 30.3 Å². The Morgan fingerprint density at radius 2 is 1.96 bits per heavy atom. The summed E-state index contributed by atoms with van der Waals surface area (Å²) >= 11 is 0. The monoisotopic (exact) mass is 318 g/mol. The van der Waals surface area contributed by atoms with Gasteiger partial charge in [-0.25, -0.2) is 4.79 Å². The Kier molecular flexibility index (Phi) is 5.64. The zero-order valence-electron chi connectivity index (χ0n) is 14.2. The number of amides is 2. The maximum Gasteiger partial charge on any atom is 0.410 e. The van der Waals surface area contributed by atoms with Crippen molar-refractivity contribution in [2.75, 3.05) is 13.1 Å². The molecule has 126 valence electrons. The first-order chi connectivity index (χ1) is 10.9. The smallest absolute Gasteiger partial charge is 0.410 e. The van der Waals surface area contributed by atoms with Crippen LogP contribution in [0.2, 0.25) is 0 Å². The van der Waals surface area contributed by atoms with E-state index >= 15 is 0 Å². The van der Waals surface area contributed by atoms with Gasteiger partial charge >= 0.3 is 6.09 Å². The van der Waals surface area contributed by atoms with Gasteiger partial charge in [0.15, 0.2) is 0 Å². The first-order valence-corrected chi connectivity index (χ1v) is 8.18. The third kappa shape index (κ3) is 5.27. The van der Waals surface area contributed by atoms with E-state index in [0.29, 0.717) is 19.5 Å². The van der Waals surface area contributed by atoms with Gasteiger partial charge in [0.2, 0.25) is 5.91 Å². The highest BCUT2D eigenvalue weighted by atomic mass is 16.6. The molecular formula is C18H26N2O3. The topological polar surface area (TPSA) is 58.6 Å². The van der Waals surface area contributed by atoms with E-state index in [4.69, 9.17) is 4.74 Å². The molecule has 1 atom stereocenters. The highest BCUT2D eigenvalue weighted by molar-refractivity contribution is 5.86. The van der Waals surface area contributed by atoms with Gasteiger partial charge in [-0.1, -0.05) is 30.3 Å². The van der Waals surface area contributed by atoms with E-state index in [1.807, 2.05) is 51.1 Å². The molecule has 1 aromatic rings. The molecule has 2 rings (SSSR count). The zero-order valence-corrected chi connectivity index (χ0v) is 14.2. The fourth-order valence-electron chi connectivity index (χ4n) is 2.67. The Morgan fingerprint density at radius 3 is 2.61 bits per heavy atom. The molecule has 1 fully saturated rings. The third-order valence-corrected chi connectivity index (χ3v) is 3.74. The van der Waals surface area contributed by atoms with E-state index in [1.54, 1.807) is 4.90 Å². The van der Waals surface area contributed by atoms with Crippen LogP contribution in [-0.4, -0.2) is 41.6 Å². The molecule has 1 aromatic carbocycles. The van der Waals surface area contributed by atoms with Crippen LogP contribution in [0.4, 0.5) is 4.79 Å². The van der Waals surface area contributed by atoms with Crippen LogP contribution in [0.3, 0.4) is 0 Å². The number of benzene rings is 1. The molecule has 0 saturated carbocycles. The second-order valence-corrected chi connectivity index (χ2v) is 6.86. The fourth-order valence-corrected chi connectivity index (χ4v) is 2.67. The Labute approximate surface area is 138 Å². The lowest BCUT2D eigenvalue weighted by atomic mass is 10.1. The summed E-state index contributed by atoms with van der Waals surface area (Å²) in [7, 11) is 0. The van der Waals surface area contributed by atoms with Gasteiger partial charge in [0.25, 0.3) is 0 Å². The summed E-state index contributed by atoms with van der Waals surface area (Å²) in [5.74, 6) is -0.0932. The predicted molar refractivity (Wildman–Crippen MR) is 89.1 cm³/mol. The molecule has 23 heavy (non-hydrogen) atoms. The standard InChI is InChI=1S/C18H26N2O3/c1-18(2,3)23-17(22)20-13-7-10-15(20)16(21)19-12-11-14-8-5-4-6-9-14/h4-6,8-9,15H,7,10-13H2,1-3H3,(H,19,21)/t15-/m1/s1. The first kappa shape index (κ1) is 17.3. The van der Waals surface area contributed by atoms with Crippen molar-refractivity contribution in [1.29, 1.82) is 0 Å². The molecule has 5 heteroatoms. The number of likely N-dealkylation sites (tertiary alicyclic amines) is 1. The minimum atomic E-state index is -0.548. The molecule has 0 bridgehead atoms. The van der Waals surface area contributed by atoms with Crippen molar-refractivity contribution in [2.24, 2.45) is 0 Å². The lowest BCUT2D eigenvalue weighted by Crippen LogP contribution is -2.47. The average Bonchev–Trinajstić information content (AvgIpc) is 2.96. The van der Waals surface area contributed by atoms with Gasteiger partial charge in [0.05, 0.1) is 0 Å². The molecule has 1 N–H and O–H groups in total. The summed E-state index contributed by atoms with van der Waals surface area (Å²) in [4.78, 5) is 26.1. The Bertz CT molecular complexity index is 537. The summed E-state index contributed by atoms with van der Waals surface area (Å²) in [6, 6.07) is 9.60. The minimum Gasteiger partial charge on any atom is -0.444 e. The molecule has 1 heterocycles. The molecule has 0 unspecified atom stereocenters. The van der Waals surface area contributed by atoms with E-state index in [0.717, 1.165) is 12.8 Å². The number of ether oxygens (including phenoxy) is 1. The molecule has 0 aromatic heterocycles. The van der Waals surface area contributed by atoms with Crippen molar-refractivity contribution in [2.45, 2.75) is 51.7 Å². The summed E-state index contributed by atoms with van der Waals surface area (Å²) in [5.41, 5.74) is 0.636. The van der Waals surface area contributed by atoms with Crippen LogP contribution < -0.4 is 5.32 Å². The number of rotatable bonds is 4. The molecule has 2 amide bonds. The van der Waals surface area contributed by atoms with Crippen LogP contribution in [-0.2, 0) is 16.0 Å². The number of carbonyl (C=O) groups is 2. The van der Waals surface area contributed by atoms with Crippen LogP contribution in [0, 0.1) is 0 Å². The number of hydrogen-bond donors (Lipinski definition) is 1. The van der Waals surface area contributed by atoms with Gasteiger partial charge in [0, 0.05) is 13.1 Å². The second kappa shape index (κ2) is 7.49. The Hall–Kier alpha value is -2.04. The van der Waals surface area contributed by atoms with Crippen molar-refractivity contribution >= 4 is 12.0 Å². The SMILES string of the molecule is CC(C)(C)OC(=O)N1CCC[C@@H]1C(=O)NCCc1ccccc1. The zero-order chi connectivity index (χ0) is 16.9. The van der Waals surface area contributed by atoms with E-state index in [2.05, 4.69) is 5.32 Å². The molecule has 0 aliphatic carbocycles. The maximum absolute atomic E-state index is 12.4. The fraction of sp³-hybridized carbons (Fsp3) is 0.556. The van der Waals surface area contributed by atoms with Gasteiger partial charge in [-0.15, -0.1) is 0 Å². The van der Waals surface area contributed by atoms with E-state index in [1.165, 1.54) is 5.56 Å². The number of nitrogens with zero attached hydrogens (tertiary/aromatic N) is 1. The lowest BCUT2D eigenvalue weighted by molar-refractivity contribution is -0.125. The van der Waals surface area contributed by atoms with E-state index in [9.17, 15) is 9.59 Å². The largest absolute Gasteiger partial charge is 0.444 e. The maximum atomic E-state index is 12.4.